The molecule has 0 saturated carbocycles. The van der Waals surface area contributed by atoms with Crippen LogP contribution in [0.3, 0.4) is 0 Å². The van der Waals surface area contributed by atoms with Gasteiger partial charge in [-0.05, 0) is 30.2 Å². The lowest BCUT2D eigenvalue weighted by Gasteiger charge is -2.13. The van der Waals surface area contributed by atoms with Crippen LogP contribution >= 0.6 is 23.2 Å². The molecule has 0 saturated heterocycles. The molecule has 0 bridgehead atoms. The molecule has 1 atom stereocenters. The zero-order valence-electron chi connectivity index (χ0n) is 12.8. The highest BCUT2D eigenvalue weighted by Gasteiger charge is 2.21. The Balaban J connectivity index is 2.69. The fourth-order valence-electron chi connectivity index (χ4n) is 1.71. The van der Waals surface area contributed by atoms with Gasteiger partial charge in [-0.2, -0.15) is 0 Å². The standard InChI is InChI=1S/C15H17Cl2NO5S/c1-2-24(22,23)8-7-13(15(20)21)18-14(19)6-4-10-3-5-11(16)12(17)9-10/h3-6,9,13H,2,7-8H2,1H3,(H,18,19)(H,20,21)/b6-4+. The largest absolute Gasteiger partial charge is 0.480 e. The number of benzene rings is 1. The summed E-state index contributed by atoms with van der Waals surface area (Å²) in [6, 6.07) is 3.48. The molecular formula is C15H17Cl2NO5S. The Morgan fingerprint density at radius 2 is 1.96 bits per heavy atom. The van der Waals surface area contributed by atoms with Crippen molar-refractivity contribution in [2.24, 2.45) is 0 Å². The first kappa shape index (κ1) is 20.5. The lowest BCUT2D eigenvalue weighted by Crippen LogP contribution is -2.41. The van der Waals surface area contributed by atoms with Crippen molar-refractivity contribution >= 4 is 51.0 Å². The third kappa shape index (κ3) is 6.90. The second-order valence-electron chi connectivity index (χ2n) is 4.93. The van der Waals surface area contributed by atoms with E-state index >= 15 is 0 Å². The van der Waals surface area contributed by atoms with E-state index in [1.54, 1.807) is 18.2 Å². The molecular weight excluding hydrogens is 377 g/mol. The van der Waals surface area contributed by atoms with Crippen molar-refractivity contribution in [3.8, 4) is 0 Å². The smallest absolute Gasteiger partial charge is 0.326 e. The second-order valence-corrected chi connectivity index (χ2v) is 8.22. The minimum atomic E-state index is -3.31. The van der Waals surface area contributed by atoms with Crippen molar-refractivity contribution in [1.29, 1.82) is 0 Å². The van der Waals surface area contributed by atoms with Crippen molar-refractivity contribution in [1.82, 2.24) is 5.32 Å². The number of hydrogen-bond acceptors (Lipinski definition) is 4. The molecule has 1 aromatic carbocycles. The van der Waals surface area contributed by atoms with E-state index in [0.29, 0.717) is 15.6 Å². The van der Waals surface area contributed by atoms with Crippen LogP contribution in [0.25, 0.3) is 6.08 Å². The molecule has 1 rings (SSSR count). The average Bonchev–Trinajstić information content (AvgIpc) is 2.52. The Morgan fingerprint density at radius 1 is 1.29 bits per heavy atom. The third-order valence-electron chi connectivity index (χ3n) is 3.14. The molecule has 0 spiro atoms. The maximum absolute atomic E-state index is 11.8. The van der Waals surface area contributed by atoms with Crippen LogP contribution in [0.5, 0.6) is 0 Å². The van der Waals surface area contributed by atoms with Crippen LogP contribution in [0, 0.1) is 0 Å². The van der Waals surface area contributed by atoms with Crippen molar-refractivity contribution in [3.05, 3.63) is 39.9 Å². The van der Waals surface area contributed by atoms with Crippen LogP contribution in [0.15, 0.2) is 24.3 Å². The lowest BCUT2D eigenvalue weighted by molar-refractivity contribution is -0.141. The molecule has 0 fully saturated rings. The molecule has 9 heteroatoms. The first-order valence-electron chi connectivity index (χ1n) is 7.01. The monoisotopic (exact) mass is 393 g/mol. The summed E-state index contributed by atoms with van der Waals surface area (Å²) in [6.07, 6.45) is 2.39. The first-order valence-corrected chi connectivity index (χ1v) is 9.59. The molecule has 0 aliphatic rings. The second kappa shape index (κ2) is 9.05. The quantitative estimate of drug-likeness (QED) is 0.660. The summed E-state index contributed by atoms with van der Waals surface area (Å²) >= 11 is 11.6. The molecule has 24 heavy (non-hydrogen) atoms. The van der Waals surface area contributed by atoms with Gasteiger partial charge in [0.2, 0.25) is 5.91 Å². The number of rotatable bonds is 8. The maximum Gasteiger partial charge on any atom is 0.326 e. The van der Waals surface area contributed by atoms with Crippen LogP contribution in [-0.4, -0.2) is 42.9 Å². The number of aliphatic carboxylic acids is 1. The predicted octanol–water partition coefficient (Wildman–Crippen LogP) is 2.40. The van der Waals surface area contributed by atoms with E-state index in [-0.39, 0.29) is 17.9 Å². The topological polar surface area (TPSA) is 101 Å². The Morgan fingerprint density at radius 3 is 2.50 bits per heavy atom. The number of halogens is 2. The van der Waals surface area contributed by atoms with E-state index in [9.17, 15) is 18.0 Å². The number of amides is 1. The summed E-state index contributed by atoms with van der Waals surface area (Å²) in [7, 11) is -3.31. The Labute approximate surface area is 150 Å². The van der Waals surface area contributed by atoms with Crippen LogP contribution in [0.1, 0.15) is 18.9 Å². The Hall–Kier alpha value is -1.57. The number of sulfone groups is 1. The summed E-state index contributed by atoms with van der Waals surface area (Å²) < 4.78 is 22.9. The van der Waals surface area contributed by atoms with Crippen molar-refractivity contribution in [2.75, 3.05) is 11.5 Å². The normalized spacial score (nSPS) is 13.0. The minimum absolute atomic E-state index is 0.0789. The maximum atomic E-state index is 11.8. The molecule has 2 N–H and O–H groups in total. The molecule has 1 unspecified atom stereocenters. The number of carboxylic acids is 1. The van der Waals surface area contributed by atoms with Gasteiger partial charge < -0.3 is 10.4 Å². The van der Waals surface area contributed by atoms with Crippen molar-refractivity contribution < 1.29 is 23.1 Å². The third-order valence-corrected chi connectivity index (χ3v) is 5.62. The number of carbonyl (C=O) groups excluding carboxylic acids is 1. The van der Waals surface area contributed by atoms with Gasteiger partial charge in [-0.25, -0.2) is 13.2 Å². The van der Waals surface area contributed by atoms with Crippen LogP contribution in [-0.2, 0) is 19.4 Å². The SMILES string of the molecule is CCS(=O)(=O)CCC(NC(=O)/C=C/c1ccc(Cl)c(Cl)c1)C(=O)O. The molecule has 1 amide bonds. The molecule has 0 aliphatic carbocycles. The predicted molar refractivity (Wildman–Crippen MR) is 94.0 cm³/mol. The van der Waals surface area contributed by atoms with E-state index in [1.807, 2.05) is 0 Å². The summed E-state index contributed by atoms with van der Waals surface area (Å²) in [5, 5.41) is 12.0. The van der Waals surface area contributed by atoms with Crippen molar-refractivity contribution in [3.63, 3.8) is 0 Å². The van der Waals surface area contributed by atoms with Gasteiger partial charge in [0.25, 0.3) is 0 Å². The molecule has 0 heterocycles. The molecule has 0 aromatic heterocycles. The zero-order chi connectivity index (χ0) is 18.3. The molecule has 6 nitrogen and oxygen atoms in total. The lowest BCUT2D eigenvalue weighted by atomic mass is 10.2. The highest BCUT2D eigenvalue weighted by Crippen LogP contribution is 2.23. The fraction of sp³-hybridized carbons (Fsp3) is 0.333. The summed E-state index contributed by atoms with van der Waals surface area (Å²) in [5.41, 5.74) is 0.611. The highest BCUT2D eigenvalue weighted by molar-refractivity contribution is 7.91. The number of carboxylic acid groups (broad SMARTS) is 1. The average molecular weight is 394 g/mol. The summed E-state index contributed by atoms with van der Waals surface area (Å²) in [6.45, 7) is 1.48. The van der Waals surface area contributed by atoms with Crippen LogP contribution in [0.4, 0.5) is 0 Å². The van der Waals surface area contributed by atoms with Gasteiger partial charge in [-0.15, -0.1) is 0 Å². The van der Waals surface area contributed by atoms with Gasteiger partial charge in [-0.3, -0.25) is 4.79 Å². The van der Waals surface area contributed by atoms with Gasteiger partial charge in [0, 0.05) is 11.8 Å². The number of nitrogens with one attached hydrogen (secondary N) is 1. The first-order chi connectivity index (χ1) is 11.1. The minimum Gasteiger partial charge on any atom is -0.480 e. The van der Waals surface area contributed by atoms with E-state index in [1.165, 1.54) is 13.0 Å². The number of carbonyl (C=O) groups is 2. The van der Waals surface area contributed by atoms with E-state index in [4.69, 9.17) is 28.3 Å². The molecule has 132 valence electrons. The van der Waals surface area contributed by atoms with Crippen LogP contribution in [0.2, 0.25) is 10.0 Å². The van der Waals surface area contributed by atoms with Gasteiger partial charge in [-0.1, -0.05) is 36.2 Å². The van der Waals surface area contributed by atoms with Crippen molar-refractivity contribution in [2.45, 2.75) is 19.4 Å². The van der Waals surface area contributed by atoms with E-state index < -0.39 is 27.8 Å². The van der Waals surface area contributed by atoms with E-state index in [0.717, 1.165) is 6.08 Å². The summed E-state index contributed by atoms with van der Waals surface area (Å²) in [5.74, 6) is -2.33. The zero-order valence-corrected chi connectivity index (χ0v) is 15.2. The molecule has 0 aliphatic heterocycles. The number of hydrogen-bond donors (Lipinski definition) is 2. The van der Waals surface area contributed by atoms with E-state index in [2.05, 4.69) is 5.32 Å². The van der Waals surface area contributed by atoms with Gasteiger partial charge >= 0.3 is 5.97 Å². The van der Waals surface area contributed by atoms with Gasteiger partial charge in [0.15, 0.2) is 0 Å². The summed E-state index contributed by atoms with van der Waals surface area (Å²) in [4.78, 5) is 22.9. The Kier molecular flexibility index (Phi) is 7.72. The van der Waals surface area contributed by atoms with Crippen LogP contribution < -0.4 is 5.32 Å². The highest BCUT2D eigenvalue weighted by atomic mass is 35.5. The fourth-order valence-corrected chi connectivity index (χ4v) is 2.90. The van der Waals surface area contributed by atoms with Gasteiger partial charge in [0.1, 0.15) is 15.9 Å². The Bertz CT molecular complexity index is 746. The van der Waals surface area contributed by atoms with Gasteiger partial charge in [0.05, 0.1) is 15.8 Å². The molecule has 0 radical (unpaired) electrons. The molecule has 1 aromatic rings.